The Labute approximate surface area is 92.1 Å². The maximum absolute atomic E-state index is 5.45. The maximum Gasteiger partial charge on any atom is 0.183 e. The Morgan fingerprint density at radius 2 is 2.47 bits per heavy atom. The second-order valence-corrected chi connectivity index (χ2v) is 3.97. The molecule has 3 N–H and O–H groups in total. The number of anilines is 1. The largest absolute Gasteiger partial charge is 0.467 e. The van der Waals surface area contributed by atoms with Crippen molar-refractivity contribution in [2.45, 2.75) is 13.0 Å². The molecular formula is C10H13N3OS. The molecule has 15 heavy (non-hydrogen) atoms. The second-order valence-electron chi connectivity index (χ2n) is 3.12. The van der Waals surface area contributed by atoms with Gasteiger partial charge in [-0.25, -0.2) is 4.98 Å². The van der Waals surface area contributed by atoms with E-state index in [0.29, 0.717) is 13.1 Å². The lowest BCUT2D eigenvalue weighted by Crippen LogP contribution is -2.03. The van der Waals surface area contributed by atoms with Crippen molar-refractivity contribution < 1.29 is 4.42 Å². The van der Waals surface area contributed by atoms with Gasteiger partial charge in [0.1, 0.15) is 5.76 Å². The van der Waals surface area contributed by atoms with Crippen molar-refractivity contribution in [3.63, 3.8) is 0 Å². The van der Waals surface area contributed by atoms with Crippen molar-refractivity contribution in [1.29, 1.82) is 0 Å². The molecule has 0 amide bonds. The third-order valence-electron chi connectivity index (χ3n) is 1.95. The van der Waals surface area contributed by atoms with Crippen LogP contribution in [0.4, 0.5) is 5.13 Å². The molecule has 80 valence electrons. The first-order chi connectivity index (χ1) is 7.38. The van der Waals surface area contributed by atoms with Crippen LogP contribution in [0.15, 0.2) is 28.2 Å². The molecule has 0 bridgehead atoms. The summed E-state index contributed by atoms with van der Waals surface area (Å²) in [6.07, 6.45) is 2.50. The highest BCUT2D eigenvalue weighted by molar-refractivity contribution is 7.13. The molecule has 5 heteroatoms. The molecule has 0 aliphatic rings. The quantitative estimate of drug-likeness (QED) is 0.812. The lowest BCUT2D eigenvalue weighted by molar-refractivity contribution is 0.518. The fraction of sp³-hybridized carbons (Fsp3) is 0.300. The van der Waals surface area contributed by atoms with Gasteiger partial charge in [-0.1, -0.05) is 0 Å². The molecule has 2 rings (SSSR count). The monoisotopic (exact) mass is 223 g/mol. The van der Waals surface area contributed by atoms with E-state index >= 15 is 0 Å². The number of nitrogens with two attached hydrogens (primary N) is 1. The van der Waals surface area contributed by atoms with Crippen LogP contribution in [0.3, 0.4) is 0 Å². The first-order valence-corrected chi connectivity index (χ1v) is 5.67. The van der Waals surface area contributed by atoms with E-state index < -0.39 is 0 Å². The molecule has 0 radical (unpaired) electrons. The summed E-state index contributed by atoms with van der Waals surface area (Å²) in [6.45, 7) is 1.31. The minimum absolute atomic E-state index is 0.640. The zero-order valence-corrected chi connectivity index (χ0v) is 9.09. The Balaban J connectivity index is 1.88. The lowest BCUT2D eigenvalue weighted by Gasteiger charge is -1.98. The van der Waals surface area contributed by atoms with E-state index in [4.69, 9.17) is 10.2 Å². The van der Waals surface area contributed by atoms with Crippen molar-refractivity contribution in [3.8, 4) is 0 Å². The minimum atomic E-state index is 0.640. The number of thiazole rings is 1. The normalized spacial score (nSPS) is 10.5. The molecule has 0 aromatic carbocycles. The Morgan fingerprint density at radius 3 is 3.20 bits per heavy atom. The Morgan fingerprint density at radius 1 is 1.53 bits per heavy atom. The van der Waals surface area contributed by atoms with E-state index in [9.17, 15) is 0 Å². The second kappa shape index (κ2) is 4.95. The number of nitrogens with zero attached hydrogens (tertiary/aromatic N) is 1. The van der Waals surface area contributed by atoms with Gasteiger partial charge in [0.25, 0.3) is 0 Å². The summed E-state index contributed by atoms with van der Waals surface area (Å²) < 4.78 is 5.20. The van der Waals surface area contributed by atoms with Gasteiger partial charge >= 0.3 is 0 Å². The number of nitrogens with one attached hydrogen (secondary N) is 1. The van der Waals surface area contributed by atoms with Crippen LogP contribution in [-0.2, 0) is 13.0 Å². The molecule has 0 saturated heterocycles. The molecule has 0 aliphatic carbocycles. The van der Waals surface area contributed by atoms with E-state index in [0.717, 1.165) is 23.0 Å². The van der Waals surface area contributed by atoms with Gasteiger partial charge < -0.3 is 15.5 Å². The molecule has 4 nitrogen and oxygen atoms in total. The van der Waals surface area contributed by atoms with Gasteiger partial charge in [-0.2, -0.15) is 0 Å². The van der Waals surface area contributed by atoms with Crippen LogP contribution < -0.4 is 11.1 Å². The first-order valence-electron chi connectivity index (χ1n) is 4.79. The van der Waals surface area contributed by atoms with Crippen molar-refractivity contribution in [2.75, 3.05) is 11.9 Å². The summed E-state index contributed by atoms with van der Waals surface area (Å²) in [4.78, 5) is 4.39. The van der Waals surface area contributed by atoms with E-state index in [-0.39, 0.29) is 0 Å². The van der Waals surface area contributed by atoms with E-state index in [1.807, 2.05) is 17.5 Å². The van der Waals surface area contributed by atoms with Crippen LogP contribution in [-0.4, -0.2) is 11.5 Å². The molecule has 0 spiro atoms. The average molecular weight is 223 g/mol. The zero-order chi connectivity index (χ0) is 10.5. The van der Waals surface area contributed by atoms with E-state index in [1.54, 1.807) is 17.6 Å². The average Bonchev–Trinajstić information content (AvgIpc) is 2.85. The standard InChI is InChI=1S/C10H13N3OS/c11-4-3-8-7-15-10(13-8)12-6-9-2-1-5-14-9/h1-2,5,7H,3-4,6,11H2,(H,12,13). The van der Waals surface area contributed by atoms with E-state index in [2.05, 4.69) is 10.3 Å². The Bertz CT molecular complexity index is 396. The lowest BCUT2D eigenvalue weighted by atomic mass is 10.3. The van der Waals surface area contributed by atoms with Crippen molar-refractivity contribution in [1.82, 2.24) is 4.98 Å². The van der Waals surface area contributed by atoms with Gasteiger partial charge in [0.15, 0.2) is 5.13 Å². The van der Waals surface area contributed by atoms with Gasteiger partial charge in [-0.3, -0.25) is 0 Å². The number of furan rings is 1. The van der Waals surface area contributed by atoms with Crippen LogP contribution in [0.2, 0.25) is 0 Å². The fourth-order valence-electron chi connectivity index (χ4n) is 1.23. The van der Waals surface area contributed by atoms with Crippen molar-refractivity contribution >= 4 is 16.5 Å². The van der Waals surface area contributed by atoms with Crippen molar-refractivity contribution in [2.24, 2.45) is 5.73 Å². The summed E-state index contributed by atoms with van der Waals surface area (Å²) in [6, 6.07) is 3.81. The van der Waals surface area contributed by atoms with Crippen LogP contribution in [0.5, 0.6) is 0 Å². The van der Waals surface area contributed by atoms with Gasteiger partial charge in [0.2, 0.25) is 0 Å². The van der Waals surface area contributed by atoms with Gasteiger partial charge in [0, 0.05) is 11.8 Å². The topological polar surface area (TPSA) is 64.1 Å². The molecule has 2 aromatic rings. The molecule has 0 fully saturated rings. The minimum Gasteiger partial charge on any atom is -0.467 e. The molecule has 0 aliphatic heterocycles. The summed E-state index contributed by atoms with van der Waals surface area (Å²) in [5.41, 5.74) is 6.50. The van der Waals surface area contributed by atoms with Gasteiger partial charge in [-0.15, -0.1) is 11.3 Å². The SMILES string of the molecule is NCCc1csc(NCc2ccco2)n1. The van der Waals surface area contributed by atoms with E-state index in [1.165, 1.54) is 0 Å². The number of rotatable bonds is 5. The Kier molecular flexibility index (Phi) is 3.37. The smallest absolute Gasteiger partial charge is 0.183 e. The Hall–Kier alpha value is -1.33. The van der Waals surface area contributed by atoms with Gasteiger partial charge in [-0.05, 0) is 18.7 Å². The molecule has 0 atom stereocenters. The predicted molar refractivity (Wildman–Crippen MR) is 60.9 cm³/mol. The molecule has 0 unspecified atom stereocenters. The number of hydrogen-bond acceptors (Lipinski definition) is 5. The number of hydrogen-bond donors (Lipinski definition) is 2. The molecular weight excluding hydrogens is 210 g/mol. The fourth-order valence-corrected chi connectivity index (χ4v) is 1.97. The van der Waals surface area contributed by atoms with Crippen LogP contribution in [0, 0.1) is 0 Å². The summed E-state index contributed by atoms with van der Waals surface area (Å²) in [5.74, 6) is 0.908. The third-order valence-corrected chi connectivity index (χ3v) is 2.79. The number of aromatic nitrogens is 1. The van der Waals surface area contributed by atoms with Crippen LogP contribution in [0.25, 0.3) is 0 Å². The van der Waals surface area contributed by atoms with Crippen molar-refractivity contribution in [3.05, 3.63) is 35.2 Å². The molecule has 2 heterocycles. The third kappa shape index (κ3) is 2.81. The molecule has 2 aromatic heterocycles. The highest BCUT2D eigenvalue weighted by atomic mass is 32.1. The van der Waals surface area contributed by atoms with Crippen LogP contribution >= 0.6 is 11.3 Å². The zero-order valence-electron chi connectivity index (χ0n) is 8.27. The predicted octanol–water partition coefficient (Wildman–Crippen LogP) is 1.85. The summed E-state index contributed by atoms with van der Waals surface area (Å²) >= 11 is 1.59. The highest BCUT2D eigenvalue weighted by Gasteiger charge is 2.01. The summed E-state index contributed by atoms with van der Waals surface area (Å²) in [5, 5.41) is 6.14. The maximum atomic E-state index is 5.45. The van der Waals surface area contributed by atoms with Gasteiger partial charge in [0.05, 0.1) is 18.5 Å². The molecule has 0 saturated carbocycles. The van der Waals surface area contributed by atoms with Crippen LogP contribution in [0.1, 0.15) is 11.5 Å². The highest BCUT2D eigenvalue weighted by Crippen LogP contribution is 2.16. The first kappa shape index (κ1) is 10.2. The summed E-state index contributed by atoms with van der Waals surface area (Å²) in [7, 11) is 0.